The van der Waals surface area contributed by atoms with E-state index in [1.165, 1.54) is 23.1 Å². The molecule has 0 saturated carbocycles. The molecule has 66 valence electrons. The van der Waals surface area contributed by atoms with Crippen molar-refractivity contribution in [2.45, 2.75) is 5.75 Å². The zero-order valence-corrected chi connectivity index (χ0v) is 8.25. The fourth-order valence-corrected chi connectivity index (χ4v) is 2.17. The Morgan fingerprint density at radius 1 is 1.67 bits per heavy atom. The van der Waals surface area contributed by atoms with Crippen molar-refractivity contribution < 1.29 is 9.90 Å². The fourth-order valence-electron chi connectivity index (χ4n) is 0.517. The molecule has 7 heteroatoms. The largest absolute Gasteiger partial charge is 0.481 e. The number of nitrogens with zero attached hydrogens (tertiary/aromatic N) is 2. The monoisotopic (exact) mass is 224 g/mol. The Kier molecular flexibility index (Phi) is 3.77. The van der Waals surface area contributed by atoms with Gasteiger partial charge in [0.1, 0.15) is 5.01 Å². The maximum absolute atomic E-state index is 10.1. The van der Waals surface area contributed by atoms with Crippen LogP contribution in [-0.4, -0.2) is 27.0 Å². The van der Waals surface area contributed by atoms with Crippen LogP contribution in [0, 0.1) is 0 Å². The average Bonchev–Trinajstić information content (AvgIpc) is 2.35. The number of thioether (sulfide) groups is 1. The Morgan fingerprint density at radius 3 is 2.92 bits per heavy atom. The molecule has 0 aliphatic rings. The zero-order valence-electron chi connectivity index (χ0n) is 5.86. The number of carboxylic acids is 1. The minimum atomic E-state index is -0.824. The van der Waals surface area contributed by atoms with E-state index in [2.05, 4.69) is 10.2 Å². The van der Waals surface area contributed by atoms with Gasteiger partial charge >= 0.3 is 5.97 Å². The average molecular weight is 225 g/mol. The summed E-state index contributed by atoms with van der Waals surface area (Å²) in [6, 6.07) is 0. The zero-order chi connectivity index (χ0) is 8.97. The van der Waals surface area contributed by atoms with Gasteiger partial charge in [0.05, 0.1) is 5.75 Å². The van der Waals surface area contributed by atoms with E-state index in [0.29, 0.717) is 10.2 Å². The van der Waals surface area contributed by atoms with E-state index in [1.54, 1.807) is 0 Å². The maximum Gasteiger partial charge on any atom is 0.313 e. The minimum Gasteiger partial charge on any atom is -0.481 e. The summed E-state index contributed by atoms with van der Waals surface area (Å²) in [5.74, 6) is -0.191. The third-order valence-corrected chi connectivity index (χ3v) is 3.02. The first-order chi connectivity index (χ1) is 5.68. The summed E-state index contributed by atoms with van der Waals surface area (Å²) in [6.45, 7) is 0. The minimum absolute atomic E-state index is 0.0806. The second-order valence-electron chi connectivity index (χ2n) is 1.84. The molecule has 1 aromatic rings. The predicted molar refractivity (Wildman–Crippen MR) is 48.7 cm³/mol. The van der Waals surface area contributed by atoms with E-state index in [9.17, 15) is 4.79 Å². The molecule has 0 aliphatic heterocycles. The van der Waals surface area contributed by atoms with Crippen LogP contribution in [0.3, 0.4) is 0 Å². The number of carboxylic acid groups (broad SMARTS) is 1. The van der Waals surface area contributed by atoms with Crippen molar-refractivity contribution in [1.29, 1.82) is 0 Å². The number of hydrogen-bond donors (Lipinski definition) is 1. The van der Waals surface area contributed by atoms with Gasteiger partial charge < -0.3 is 5.11 Å². The van der Waals surface area contributed by atoms with Gasteiger partial charge in [-0.3, -0.25) is 4.79 Å². The number of hydrogen-bond acceptors (Lipinski definition) is 5. The summed E-state index contributed by atoms with van der Waals surface area (Å²) in [5.41, 5.74) is 0. The molecule has 1 N–H and O–H groups in total. The normalized spacial score (nSPS) is 10.1. The fraction of sp³-hybridized carbons (Fsp3) is 0.400. The highest BCUT2D eigenvalue weighted by Gasteiger charge is 2.03. The van der Waals surface area contributed by atoms with E-state index < -0.39 is 5.97 Å². The first-order valence-electron chi connectivity index (χ1n) is 2.96. The number of aromatic nitrogens is 2. The van der Waals surface area contributed by atoms with E-state index in [1.807, 2.05) is 0 Å². The molecule has 0 unspecified atom stereocenters. The maximum atomic E-state index is 10.1. The molecule has 1 heterocycles. The molecule has 0 radical (unpaired) electrons. The Balaban J connectivity index is 2.29. The number of halogens is 1. The van der Waals surface area contributed by atoms with Crippen LogP contribution < -0.4 is 0 Å². The van der Waals surface area contributed by atoms with Crippen molar-refractivity contribution in [3.63, 3.8) is 0 Å². The Labute approximate surface area is 82.0 Å². The second kappa shape index (κ2) is 4.64. The number of rotatable bonds is 4. The van der Waals surface area contributed by atoms with Gasteiger partial charge in [0.15, 0.2) is 0 Å². The van der Waals surface area contributed by atoms with Crippen LogP contribution in [0.2, 0.25) is 4.47 Å². The standard InChI is InChI=1S/C5H5ClN2O2S2/c6-5-8-7-3(12-5)1-11-2-4(9)10/h1-2H2,(H,9,10). The van der Waals surface area contributed by atoms with Gasteiger partial charge in [-0.05, 0) is 11.6 Å². The van der Waals surface area contributed by atoms with Crippen LogP contribution in [0.4, 0.5) is 0 Å². The van der Waals surface area contributed by atoms with Gasteiger partial charge in [0.25, 0.3) is 0 Å². The van der Waals surface area contributed by atoms with E-state index in [4.69, 9.17) is 16.7 Å². The van der Waals surface area contributed by atoms with Crippen molar-refractivity contribution in [3.8, 4) is 0 Å². The van der Waals surface area contributed by atoms with Crippen LogP contribution in [0.15, 0.2) is 0 Å². The lowest BCUT2D eigenvalue weighted by atomic mass is 10.8. The third kappa shape index (κ3) is 3.38. The molecule has 0 spiro atoms. The molecule has 0 fully saturated rings. The Morgan fingerprint density at radius 2 is 2.42 bits per heavy atom. The van der Waals surface area contributed by atoms with E-state index in [-0.39, 0.29) is 5.75 Å². The molecular weight excluding hydrogens is 220 g/mol. The first-order valence-corrected chi connectivity index (χ1v) is 5.31. The lowest BCUT2D eigenvalue weighted by Crippen LogP contribution is -1.97. The molecule has 0 aliphatic carbocycles. The highest BCUT2D eigenvalue weighted by atomic mass is 35.5. The van der Waals surface area contributed by atoms with E-state index in [0.717, 1.165) is 5.01 Å². The molecule has 12 heavy (non-hydrogen) atoms. The first kappa shape index (κ1) is 9.76. The molecule has 0 bridgehead atoms. The van der Waals surface area contributed by atoms with Crippen LogP contribution in [0.5, 0.6) is 0 Å². The molecule has 0 atom stereocenters. The summed E-state index contributed by atoms with van der Waals surface area (Å²) in [5, 5.41) is 16.4. The lowest BCUT2D eigenvalue weighted by Gasteiger charge is -1.91. The van der Waals surface area contributed by atoms with Gasteiger partial charge in [0.2, 0.25) is 4.47 Å². The van der Waals surface area contributed by atoms with Crippen molar-refractivity contribution in [2.24, 2.45) is 0 Å². The molecular formula is C5H5ClN2O2S2. The highest BCUT2D eigenvalue weighted by molar-refractivity contribution is 7.99. The topological polar surface area (TPSA) is 63.1 Å². The third-order valence-electron chi connectivity index (χ3n) is 0.893. The summed E-state index contributed by atoms with van der Waals surface area (Å²) < 4.78 is 0.390. The quantitative estimate of drug-likeness (QED) is 0.840. The molecule has 0 amide bonds. The molecule has 0 saturated heterocycles. The van der Waals surface area contributed by atoms with Crippen LogP contribution in [0.25, 0.3) is 0 Å². The van der Waals surface area contributed by atoms with Crippen LogP contribution in [0.1, 0.15) is 5.01 Å². The van der Waals surface area contributed by atoms with Gasteiger partial charge in [-0.15, -0.1) is 22.0 Å². The van der Waals surface area contributed by atoms with Crippen molar-refractivity contribution in [1.82, 2.24) is 10.2 Å². The van der Waals surface area contributed by atoms with Crippen molar-refractivity contribution in [2.75, 3.05) is 5.75 Å². The lowest BCUT2D eigenvalue weighted by molar-refractivity contribution is -0.133. The molecule has 1 aromatic heterocycles. The SMILES string of the molecule is O=C(O)CSCc1nnc(Cl)s1. The van der Waals surface area contributed by atoms with Crippen LogP contribution >= 0.6 is 34.7 Å². The Hall–Kier alpha value is -0.330. The second-order valence-corrected chi connectivity index (χ2v) is 4.47. The summed E-state index contributed by atoms with van der Waals surface area (Å²) in [4.78, 5) is 10.1. The van der Waals surface area contributed by atoms with Gasteiger partial charge in [-0.1, -0.05) is 11.3 Å². The van der Waals surface area contributed by atoms with Crippen LogP contribution in [-0.2, 0) is 10.5 Å². The Bertz CT molecular complexity index is 278. The smallest absolute Gasteiger partial charge is 0.313 e. The molecule has 4 nitrogen and oxygen atoms in total. The van der Waals surface area contributed by atoms with Crippen molar-refractivity contribution in [3.05, 3.63) is 9.47 Å². The van der Waals surface area contributed by atoms with E-state index >= 15 is 0 Å². The van der Waals surface area contributed by atoms with Crippen molar-refractivity contribution >= 4 is 40.7 Å². The summed E-state index contributed by atoms with van der Waals surface area (Å²) in [6.07, 6.45) is 0. The highest BCUT2D eigenvalue weighted by Crippen LogP contribution is 2.19. The molecule has 0 aromatic carbocycles. The molecule has 1 rings (SSSR count). The predicted octanol–water partition coefficient (Wildman–Crippen LogP) is 1.51. The number of carbonyl (C=O) groups is 1. The van der Waals surface area contributed by atoms with Gasteiger partial charge in [-0.25, -0.2) is 0 Å². The van der Waals surface area contributed by atoms with Gasteiger partial charge in [-0.2, -0.15) is 0 Å². The summed E-state index contributed by atoms with van der Waals surface area (Å²) in [7, 11) is 0. The summed E-state index contributed by atoms with van der Waals surface area (Å²) >= 11 is 8.07. The number of aliphatic carboxylic acids is 1. The van der Waals surface area contributed by atoms with Gasteiger partial charge in [0, 0.05) is 5.75 Å².